The van der Waals surface area contributed by atoms with E-state index in [4.69, 9.17) is 16.3 Å². The van der Waals surface area contributed by atoms with E-state index in [-0.39, 0.29) is 6.04 Å². The summed E-state index contributed by atoms with van der Waals surface area (Å²) in [7, 11) is 0. The summed E-state index contributed by atoms with van der Waals surface area (Å²) in [6.45, 7) is 3.49. The SMILES string of the molecule is CC1COCC(CC(O)c2ccc(Cl)cc2)N1. The van der Waals surface area contributed by atoms with Crippen molar-refractivity contribution >= 4 is 11.6 Å². The summed E-state index contributed by atoms with van der Waals surface area (Å²) >= 11 is 5.81. The van der Waals surface area contributed by atoms with Crippen molar-refractivity contribution in [2.24, 2.45) is 0 Å². The largest absolute Gasteiger partial charge is 0.388 e. The number of aliphatic hydroxyl groups excluding tert-OH is 1. The van der Waals surface area contributed by atoms with Gasteiger partial charge in [-0.05, 0) is 31.0 Å². The summed E-state index contributed by atoms with van der Waals surface area (Å²) in [4.78, 5) is 0. The van der Waals surface area contributed by atoms with E-state index in [1.807, 2.05) is 12.1 Å². The van der Waals surface area contributed by atoms with Gasteiger partial charge in [-0.1, -0.05) is 23.7 Å². The van der Waals surface area contributed by atoms with Crippen LogP contribution >= 0.6 is 11.6 Å². The van der Waals surface area contributed by atoms with Crippen molar-refractivity contribution in [2.75, 3.05) is 13.2 Å². The lowest BCUT2D eigenvalue weighted by Crippen LogP contribution is -2.47. The van der Waals surface area contributed by atoms with Crippen LogP contribution in [0.4, 0.5) is 0 Å². The zero-order valence-corrected chi connectivity index (χ0v) is 10.7. The normalized spacial score (nSPS) is 26.8. The highest BCUT2D eigenvalue weighted by Gasteiger charge is 2.21. The first-order chi connectivity index (χ1) is 8.15. The van der Waals surface area contributed by atoms with Crippen molar-refractivity contribution in [3.05, 3.63) is 34.9 Å². The molecule has 1 aromatic rings. The molecular weight excluding hydrogens is 238 g/mol. The molecule has 1 fully saturated rings. The molecule has 0 amide bonds. The fourth-order valence-electron chi connectivity index (χ4n) is 2.11. The molecule has 0 bridgehead atoms. The molecule has 17 heavy (non-hydrogen) atoms. The highest BCUT2D eigenvalue weighted by molar-refractivity contribution is 6.30. The van der Waals surface area contributed by atoms with Gasteiger partial charge in [0.2, 0.25) is 0 Å². The van der Waals surface area contributed by atoms with Gasteiger partial charge < -0.3 is 15.2 Å². The van der Waals surface area contributed by atoms with Crippen molar-refractivity contribution in [2.45, 2.75) is 31.5 Å². The van der Waals surface area contributed by atoms with Gasteiger partial charge in [-0.3, -0.25) is 0 Å². The average Bonchev–Trinajstić information content (AvgIpc) is 2.29. The van der Waals surface area contributed by atoms with Crippen molar-refractivity contribution in [1.82, 2.24) is 5.32 Å². The second-order valence-corrected chi connectivity index (χ2v) is 5.04. The smallest absolute Gasteiger partial charge is 0.0805 e. The van der Waals surface area contributed by atoms with Gasteiger partial charge in [0.15, 0.2) is 0 Å². The molecule has 94 valence electrons. The summed E-state index contributed by atoms with van der Waals surface area (Å²) < 4.78 is 5.46. The van der Waals surface area contributed by atoms with Gasteiger partial charge in [-0.25, -0.2) is 0 Å². The van der Waals surface area contributed by atoms with Crippen LogP contribution in [0.1, 0.15) is 25.0 Å². The Hall–Kier alpha value is -0.610. The number of hydrogen-bond acceptors (Lipinski definition) is 3. The molecule has 1 aliphatic heterocycles. The topological polar surface area (TPSA) is 41.5 Å². The number of halogens is 1. The van der Waals surface area contributed by atoms with Crippen molar-refractivity contribution in [1.29, 1.82) is 0 Å². The summed E-state index contributed by atoms with van der Waals surface area (Å²) in [5, 5.41) is 14.2. The molecule has 4 heteroatoms. The maximum absolute atomic E-state index is 10.1. The van der Waals surface area contributed by atoms with Crippen LogP contribution in [-0.2, 0) is 4.74 Å². The Morgan fingerprint density at radius 2 is 2.12 bits per heavy atom. The van der Waals surface area contributed by atoms with E-state index in [1.165, 1.54) is 0 Å². The first-order valence-electron chi connectivity index (χ1n) is 5.92. The van der Waals surface area contributed by atoms with Crippen LogP contribution in [0.25, 0.3) is 0 Å². The molecule has 0 aliphatic carbocycles. The zero-order valence-electron chi connectivity index (χ0n) is 9.90. The molecular formula is C13H18ClNO2. The molecule has 0 aromatic heterocycles. The third kappa shape index (κ3) is 3.68. The Kier molecular flexibility index (Phi) is 4.40. The highest BCUT2D eigenvalue weighted by atomic mass is 35.5. The maximum atomic E-state index is 10.1. The standard InChI is InChI=1S/C13H18ClNO2/c1-9-7-17-8-12(15-9)6-13(16)10-2-4-11(14)5-3-10/h2-5,9,12-13,15-16H,6-8H2,1H3. The van der Waals surface area contributed by atoms with E-state index in [0.717, 1.165) is 12.2 Å². The highest BCUT2D eigenvalue weighted by Crippen LogP contribution is 2.21. The van der Waals surface area contributed by atoms with Crippen LogP contribution in [-0.4, -0.2) is 30.4 Å². The number of ether oxygens (including phenoxy) is 1. The van der Waals surface area contributed by atoms with Crippen LogP contribution in [0, 0.1) is 0 Å². The molecule has 0 radical (unpaired) electrons. The van der Waals surface area contributed by atoms with E-state index in [1.54, 1.807) is 12.1 Å². The Morgan fingerprint density at radius 3 is 2.76 bits per heavy atom. The molecule has 1 saturated heterocycles. The average molecular weight is 256 g/mol. The minimum Gasteiger partial charge on any atom is -0.388 e. The van der Waals surface area contributed by atoms with E-state index >= 15 is 0 Å². The Morgan fingerprint density at radius 1 is 1.41 bits per heavy atom. The Balaban J connectivity index is 1.91. The maximum Gasteiger partial charge on any atom is 0.0805 e. The molecule has 1 heterocycles. The first-order valence-corrected chi connectivity index (χ1v) is 6.30. The quantitative estimate of drug-likeness (QED) is 0.870. The monoisotopic (exact) mass is 255 g/mol. The van der Waals surface area contributed by atoms with Crippen LogP contribution in [0.5, 0.6) is 0 Å². The second kappa shape index (κ2) is 5.83. The van der Waals surface area contributed by atoms with E-state index < -0.39 is 6.10 Å². The minimum absolute atomic E-state index is 0.212. The molecule has 3 nitrogen and oxygen atoms in total. The number of benzene rings is 1. The van der Waals surface area contributed by atoms with Crippen molar-refractivity contribution < 1.29 is 9.84 Å². The molecule has 3 atom stereocenters. The third-order valence-corrected chi connectivity index (χ3v) is 3.22. The second-order valence-electron chi connectivity index (χ2n) is 4.61. The lowest BCUT2D eigenvalue weighted by molar-refractivity contribution is 0.0304. The number of nitrogens with one attached hydrogen (secondary N) is 1. The van der Waals surface area contributed by atoms with Crippen molar-refractivity contribution in [3.63, 3.8) is 0 Å². The van der Waals surface area contributed by atoms with E-state index in [9.17, 15) is 5.11 Å². The van der Waals surface area contributed by atoms with E-state index in [2.05, 4.69) is 12.2 Å². The fraction of sp³-hybridized carbons (Fsp3) is 0.538. The van der Waals surface area contributed by atoms with Gasteiger partial charge in [-0.15, -0.1) is 0 Å². The van der Waals surface area contributed by atoms with Crippen LogP contribution in [0.15, 0.2) is 24.3 Å². The summed E-state index contributed by atoms with van der Waals surface area (Å²) in [5.74, 6) is 0. The fourth-order valence-corrected chi connectivity index (χ4v) is 2.24. The summed E-state index contributed by atoms with van der Waals surface area (Å²) in [6, 6.07) is 7.89. The molecule has 1 aliphatic rings. The minimum atomic E-state index is -0.473. The van der Waals surface area contributed by atoms with Gasteiger partial charge in [0, 0.05) is 17.1 Å². The van der Waals surface area contributed by atoms with Gasteiger partial charge in [-0.2, -0.15) is 0 Å². The van der Waals surface area contributed by atoms with E-state index in [0.29, 0.717) is 24.1 Å². The van der Waals surface area contributed by atoms with Crippen LogP contribution in [0.2, 0.25) is 5.02 Å². The van der Waals surface area contributed by atoms with Gasteiger partial charge >= 0.3 is 0 Å². The summed E-state index contributed by atoms with van der Waals surface area (Å²) in [6.07, 6.45) is 0.185. The molecule has 2 rings (SSSR count). The number of morpholine rings is 1. The van der Waals surface area contributed by atoms with Gasteiger partial charge in [0.1, 0.15) is 0 Å². The van der Waals surface area contributed by atoms with Crippen molar-refractivity contribution in [3.8, 4) is 0 Å². The van der Waals surface area contributed by atoms with Gasteiger partial charge in [0.05, 0.1) is 19.3 Å². The first kappa shape index (κ1) is 12.8. The third-order valence-electron chi connectivity index (χ3n) is 2.97. The lowest BCUT2D eigenvalue weighted by Gasteiger charge is -2.30. The predicted octanol–water partition coefficient (Wildman–Crippen LogP) is 2.14. The number of hydrogen-bond donors (Lipinski definition) is 2. The van der Waals surface area contributed by atoms with Gasteiger partial charge in [0.25, 0.3) is 0 Å². The summed E-state index contributed by atoms with van der Waals surface area (Å²) in [5.41, 5.74) is 0.898. The van der Waals surface area contributed by atoms with Crippen LogP contribution < -0.4 is 5.32 Å². The molecule has 3 unspecified atom stereocenters. The predicted molar refractivity (Wildman–Crippen MR) is 68.2 cm³/mol. The van der Waals surface area contributed by atoms with Crippen LogP contribution in [0.3, 0.4) is 0 Å². The molecule has 0 spiro atoms. The molecule has 2 N–H and O–H groups in total. The Labute approximate surface area is 107 Å². The zero-order chi connectivity index (χ0) is 12.3. The molecule has 0 saturated carbocycles. The lowest BCUT2D eigenvalue weighted by atomic mass is 10.0. The molecule has 1 aromatic carbocycles. The number of aliphatic hydroxyl groups is 1. The number of rotatable bonds is 3. The Bertz CT molecular complexity index is 355.